The average molecular weight is 573 g/mol. The fourth-order valence-corrected chi connectivity index (χ4v) is 10.7. The predicted octanol–water partition coefficient (Wildman–Crippen LogP) is 8.24. The van der Waals surface area contributed by atoms with Gasteiger partial charge in [-0.25, -0.2) is 0 Å². The van der Waals surface area contributed by atoms with Crippen LogP contribution in [0.2, 0.25) is 5.04 Å². The Hall–Kier alpha value is -3.50. The minimum atomic E-state index is -2.59. The maximum atomic E-state index is 7.25. The second kappa shape index (κ2) is 14.1. The quantitative estimate of drug-likeness (QED) is 0.141. The number of hydrogen-bond acceptors (Lipinski definition) is 2. The van der Waals surface area contributed by atoms with Gasteiger partial charge in [0, 0.05) is 5.92 Å². The fraction of sp³-hybridized carbons (Fsp3) is 0.282. The van der Waals surface area contributed by atoms with Crippen molar-refractivity contribution in [3.63, 3.8) is 0 Å². The molecule has 3 heteroatoms. The van der Waals surface area contributed by atoms with Crippen LogP contribution in [0.25, 0.3) is 6.08 Å². The highest BCUT2D eigenvalue weighted by molar-refractivity contribution is 6.99. The molecule has 0 bridgehead atoms. The average Bonchev–Trinajstić information content (AvgIpc) is 3.03. The van der Waals surface area contributed by atoms with Crippen LogP contribution in [0.3, 0.4) is 0 Å². The third kappa shape index (κ3) is 7.28. The predicted molar refractivity (Wildman–Crippen MR) is 180 cm³/mol. The van der Waals surface area contributed by atoms with Crippen LogP contribution in [0, 0.1) is 5.92 Å². The van der Waals surface area contributed by atoms with Crippen molar-refractivity contribution in [3.05, 3.63) is 150 Å². The molecule has 1 heterocycles. The van der Waals surface area contributed by atoms with Gasteiger partial charge in [0.15, 0.2) is 0 Å². The van der Waals surface area contributed by atoms with Gasteiger partial charge in [-0.3, -0.25) is 0 Å². The Balaban J connectivity index is 1.42. The van der Waals surface area contributed by atoms with Gasteiger partial charge in [0.05, 0.1) is 19.3 Å². The van der Waals surface area contributed by atoms with Gasteiger partial charge in [0.25, 0.3) is 8.32 Å². The lowest BCUT2D eigenvalue weighted by atomic mass is 9.86. The summed E-state index contributed by atoms with van der Waals surface area (Å²) in [5.74, 6) is 0.384. The lowest BCUT2D eigenvalue weighted by molar-refractivity contribution is 0.0362. The van der Waals surface area contributed by atoms with Crippen LogP contribution in [-0.2, 0) is 15.6 Å². The third-order valence-electron chi connectivity index (χ3n) is 8.46. The van der Waals surface area contributed by atoms with E-state index in [1.54, 1.807) is 0 Å². The highest BCUT2D eigenvalue weighted by atomic mass is 28.4. The van der Waals surface area contributed by atoms with Crippen molar-refractivity contribution in [1.82, 2.24) is 0 Å². The van der Waals surface area contributed by atoms with Crippen LogP contribution in [0.4, 0.5) is 0 Å². The molecular formula is C39H44O2Si. The first kappa shape index (κ1) is 30.0. The van der Waals surface area contributed by atoms with Crippen molar-refractivity contribution in [2.45, 2.75) is 51.2 Å². The van der Waals surface area contributed by atoms with Gasteiger partial charge in [-0.1, -0.05) is 166 Å². The summed E-state index contributed by atoms with van der Waals surface area (Å²) in [7, 11) is -2.59. The van der Waals surface area contributed by atoms with E-state index in [0.29, 0.717) is 12.5 Å². The summed E-state index contributed by atoms with van der Waals surface area (Å²) in [6.07, 6.45) is 9.88. The standard InChI is InChI=1S/C39H44O2Si/c1-39(2,3)42(37-20-12-6-13-21-37,38-22-14-7-15-23-38)41-29-28-34-30-36(27-25-33-18-10-5-11-19-33)40-31-35(34)26-24-32-16-8-4-9-17-32/h4-23,25,27-28,35-36H,24,26,29-31H2,1-3H3/b27-25+,34-28+/t35-,36+/m0/s1. The van der Waals surface area contributed by atoms with Crippen molar-refractivity contribution in [2.24, 2.45) is 5.92 Å². The van der Waals surface area contributed by atoms with Gasteiger partial charge in [-0.05, 0) is 45.8 Å². The van der Waals surface area contributed by atoms with Crippen molar-refractivity contribution in [2.75, 3.05) is 13.2 Å². The zero-order valence-corrected chi connectivity index (χ0v) is 26.3. The van der Waals surface area contributed by atoms with Crippen LogP contribution in [0.1, 0.15) is 44.7 Å². The molecule has 2 atom stereocenters. The highest BCUT2D eigenvalue weighted by Crippen LogP contribution is 2.37. The minimum absolute atomic E-state index is 0.0441. The Labute approximate surface area is 253 Å². The zero-order chi connectivity index (χ0) is 29.3. The van der Waals surface area contributed by atoms with Gasteiger partial charge in [-0.15, -0.1) is 0 Å². The van der Waals surface area contributed by atoms with Crippen molar-refractivity contribution in [1.29, 1.82) is 0 Å². The van der Waals surface area contributed by atoms with Crippen LogP contribution in [0.5, 0.6) is 0 Å². The Kier molecular flexibility index (Phi) is 10.1. The van der Waals surface area contributed by atoms with Gasteiger partial charge < -0.3 is 9.16 Å². The maximum absolute atomic E-state index is 7.25. The first-order valence-corrected chi connectivity index (χ1v) is 17.2. The smallest absolute Gasteiger partial charge is 0.261 e. The molecule has 1 aliphatic heterocycles. The topological polar surface area (TPSA) is 18.5 Å². The van der Waals surface area contributed by atoms with E-state index >= 15 is 0 Å². The van der Waals surface area contributed by atoms with E-state index < -0.39 is 8.32 Å². The molecule has 1 saturated heterocycles. The zero-order valence-electron chi connectivity index (χ0n) is 25.3. The normalized spacial score (nSPS) is 18.9. The number of hydrogen-bond donors (Lipinski definition) is 0. The fourth-order valence-electron chi connectivity index (χ4n) is 6.25. The molecule has 5 rings (SSSR count). The molecule has 0 aromatic heterocycles. The second-order valence-corrected chi connectivity index (χ2v) is 16.6. The summed E-state index contributed by atoms with van der Waals surface area (Å²) < 4.78 is 13.7. The molecule has 42 heavy (non-hydrogen) atoms. The van der Waals surface area contributed by atoms with E-state index in [9.17, 15) is 0 Å². The summed E-state index contributed by atoms with van der Waals surface area (Å²) in [5, 5.41) is 2.59. The summed E-state index contributed by atoms with van der Waals surface area (Å²) in [6, 6.07) is 43.1. The molecule has 0 saturated carbocycles. The Morgan fingerprint density at radius 2 is 1.31 bits per heavy atom. The Bertz CT molecular complexity index is 1380. The first-order valence-electron chi connectivity index (χ1n) is 15.3. The molecule has 4 aromatic rings. The van der Waals surface area contributed by atoms with Crippen molar-refractivity contribution < 1.29 is 9.16 Å². The molecule has 1 fully saturated rings. The molecule has 0 N–H and O–H groups in total. The molecule has 4 aromatic carbocycles. The minimum Gasteiger partial charge on any atom is -0.404 e. The summed E-state index contributed by atoms with van der Waals surface area (Å²) in [5.41, 5.74) is 4.04. The molecular weight excluding hydrogens is 529 g/mol. The molecule has 2 nitrogen and oxygen atoms in total. The van der Waals surface area contributed by atoms with Crippen molar-refractivity contribution >= 4 is 24.8 Å². The van der Waals surface area contributed by atoms with Gasteiger partial charge >= 0.3 is 0 Å². The van der Waals surface area contributed by atoms with E-state index in [0.717, 1.165) is 25.9 Å². The largest absolute Gasteiger partial charge is 0.404 e. The van der Waals surface area contributed by atoms with Gasteiger partial charge in [0.1, 0.15) is 0 Å². The molecule has 0 unspecified atom stereocenters. The van der Waals surface area contributed by atoms with Crippen LogP contribution in [-0.4, -0.2) is 27.6 Å². The monoisotopic (exact) mass is 572 g/mol. The van der Waals surface area contributed by atoms with E-state index in [2.05, 4.69) is 160 Å². The van der Waals surface area contributed by atoms with Gasteiger partial charge in [-0.2, -0.15) is 0 Å². The van der Waals surface area contributed by atoms with Crippen LogP contribution >= 0.6 is 0 Å². The number of aryl methyl sites for hydroxylation is 1. The van der Waals surface area contributed by atoms with Crippen LogP contribution in [0.15, 0.2) is 139 Å². The van der Waals surface area contributed by atoms with E-state index in [-0.39, 0.29) is 11.1 Å². The summed E-state index contributed by atoms with van der Waals surface area (Å²) in [4.78, 5) is 0. The van der Waals surface area contributed by atoms with Gasteiger partial charge in [0.2, 0.25) is 0 Å². The first-order chi connectivity index (χ1) is 20.5. The molecule has 216 valence electrons. The number of ether oxygens (including phenoxy) is 1. The lowest BCUT2D eigenvalue weighted by Gasteiger charge is -2.43. The highest BCUT2D eigenvalue weighted by Gasteiger charge is 2.50. The number of rotatable bonds is 10. The second-order valence-electron chi connectivity index (χ2n) is 12.3. The van der Waals surface area contributed by atoms with Crippen molar-refractivity contribution in [3.8, 4) is 0 Å². The van der Waals surface area contributed by atoms with E-state index in [1.807, 2.05) is 0 Å². The summed E-state index contributed by atoms with van der Waals surface area (Å²) >= 11 is 0. The molecule has 0 amide bonds. The maximum Gasteiger partial charge on any atom is 0.261 e. The molecule has 0 aliphatic carbocycles. The Morgan fingerprint density at radius 1 is 0.762 bits per heavy atom. The molecule has 1 aliphatic rings. The van der Waals surface area contributed by atoms with E-state index in [4.69, 9.17) is 9.16 Å². The Morgan fingerprint density at radius 3 is 1.88 bits per heavy atom. The lowest BCUT2D eigenvalue weighted by Crippen LogP contribution is -2.66. The van der Waals surface area contributed by atoms with E-state index in [1.165, 1.54) is 27.1 Å². The SMILES string of the molecule is CC(C)(C)[Si](OC/C=C1\C[C@@H](/C=C/c2ccccc2)OC[C@@H]1CCc1ccccc1)(c1ccccc1)c1ccccc1. The molecule has 0 radical (unpaired) electrons. The number of benzene rings is 4. The van der Waals surface area contributed by atoms with Crippen LogP contribution < -0.4 is 10.4 Å². The summed E-state index contributed by atoms with van der Waals surface area (Å²) in [6.45, 7) is 8.36. The molecule has 0 spiro atoms. The third-order valence-corrected chi connectivity index (χ3v) is 13.5.